The third kappa shape index (κ3) is 5.56. The number of aromatic carboxylic acids is 1. The topological polar surface area (TPSA) is 87.7 Å². The van der Waals surface area contributed by atoms with Crippen LogP contribution < -0.4 is 15.4 Å². The monoisotopic (exact) mass is 372 g/mol. The molecule has 1 amide bonds. The predicted octanol–water partition coefficient (Wildman–Crippen LogP) is 3.69. The van der Waals surface area contributed by atoms with Crippen molar-refractivity contribution in [3.05, 3.63) is 59.7 Å². The van der Waals surface area contributed by atoms with Crippen molar-refractivity contribution in [3.8, 4) is 5.75 Å². The molecule has 0 bridgehead atoms. The molecule has 0 saturated carbocycles. The van der Waals surface area contributed by atoms with Crippen LogP contribution in [0.15, 0.2) is 48.5 Å². The lowest BCUT2D eigenvalue weighted by Crippen LogP contribution is -2.34. The molecule has 0 heterocycles. The lowest BCUT2D eigenvalue weighted by Gasteiger charge is -2.13. The van der Waals surface area contributed by atoms with E-state index in [1.807, 2.05) is 13.8 Å². The average molecular weight is 372 g/mol. The number of amides is 1. The van der Waals surface area contributed by atoms with E-state index in [4.69, 9.17) is 22.1 Å². The average Bonchev–Trinajstić information content (AvgIpc) is 2.62. The minimum Gasteiger partial charge on any atom is -0.491 e. The number of nitrogens with one attached hydrogen (secondary N) is 2. The molecule has 0 aliphatic rings. The standard InChI is InChI=1S/C19H20N2O4S/c1-3-12(2)25-16-9-7-13(8-10-16)17(22)21-19(26)20-15-6-4-5-14(11-15)18(23)24/h4-12H,3H2,1-2H3,(H,23,24)(H2,20,21,22,26). The van der Waals surface area contributed by atoms with Crippen molar-refractivity contribution in [2.75, 3.05) is 5.32 Å². The van der Waals surface area contributed by atoms with Gasteiger partial charge in [-0.15, -0.1) is 0 Å². The van der Waals surface area contributed by atoms with Crippen molar-refractivity contribution < 1.29 is 19.4 Å². The maximum Gasteiger partial charge on any atom is 0.335 e. The molecular formula is C19H20N2O4S. The van der Waals surface area contributed by atoms with E-state index in [9.17, 15) is 9.59 Å². The van der Waals surface area contributed by atoms with E-state index < -0.39 is 5.97 Å². The summed E-state index contributed by atoms with van der Waals surface area (Å²) in [7, 11) is 0. The molecule has 136 valence electrons. The molecular weight excluding hydrogens is 352 g/mol. The number of rotatable bonds is 6. The van der Waals surface area contributed by atoms with E-state index in [-0.39, 0.29) is 22.7 Å². The predicted molar refractivity (Wildman–Crippen MR) is 104 cm³/mol. The van der Waals surface area contributed by atoms with Crippen molar-refractivity contribution >= 4 is 34.9 Å². The van der Waals surface area contributed by atoms with E-state index in [1.54, 1.807) is 36.4 Å². The Bertz CT molecular complexity index is 805. The molecule has 0 aliphatic carbocycles. The van der Waals surface area contributed by atoms with E-state index in [2.05, 4.69) is 10.6 Å². The summed E-state index contributed by atoms with van der Waals surface area (Å²) < 4.78 is 5.67. The minimum atomic E-state index is -1.04. The van der Waals surface area contributed by atoms with Gasteiger partial charge in [-0.3, -0.25) is 10.1 Å². The molecule has 0 spiro atoms. The van der Waals surface area contributed by atoms with Gasteiger partial charge in [-0.05, 0) is 68.0 Å². The van der Waals surface area contributed by atoms with E-state index >= 15 is 0 Å². The maximum absolute atomic E-state index is 12.2. The molecule has 26 heavy (non-hydrogen) atoms. The van der Waals surface area contributed by atoms with Crippen LogP contribution in [0.3, 0.4) is 0 Å². The summed E-state index contributed by atoms with van der Waals surface area (Å²) in [4.78, 5) is 23.2. The molecule has 3 N–H and O–H groups in total. The van der Waals surface area contributed by atoms with Gasteiger partial charge in [-0.2, -0.15) is 0 Å². The number of benzene rings is 2. The number of carboxylic acids is 1. The van der Waals surface area contributed by atoms with Crippen LogP contribution in [0.5, 0.6) is 5.75 Å². The summed E-state index contributed by atoms with van der Waals surface area (Å²) in [6.45, 7) is 4.01. The van der Waals surface area contributed by atoms with E-state index in [0.29, 0.717) is 17.0 Å². The first-order chi connectivity index (χ1) is 12.4. The van der Waals surface area contributed by atoms with Gasteiger partial charge in [0.05, 0.1) is 11.7 Å². The Hall–Kier alpha value is -2.93. The van der Waals surface area contributed by atoms with Crippen molar-refractivity contribution in [1.29, 1.82) is 0 Å². The second kappa shape index (κ2) is 8.96. The van der Waals surface area contributed by atoms with E-state index in [1.165, 1.54) is 12.1 Å². The summed E-state index contributed by atoms with van der Waals surface area (Å²) >= 11 is 5.10. The number of anilines is 1. The van der Waals surface area contributed by atoms with Crippen LogP contribution in [0, 0.1) is 0 Å². The summed E-state index contributed by atoms with van der Waals surface area (Å²) in [5.74, 6) is -0.711. The first-order valence-corrected chi connectivity index (χ1v) is 8.52. The largest absolute Gasteiger partial charge is 0.491 e. The molecule has 0 aromatic heterocycles. The second-order valence-corrected chi connectivity index (χ2v) is 6.06. The van der Waals surface area contributed by atoms with Crippen molar-refractivity contribution in [3.63, 3.8) is 0 Å². The number of carboxylic acid groups (broad SMARTS) is 1. The Morgan fingerprint density at radius 3 is 2.46 bits per heavy atom. The lowest BCUT2D eigenvalue weighted by molar-refractivity contribution is 0.0696. The van der Waals surface area contributed by atoms with Crippen molar-refractivity contribution in [2.45, 2.75) is 26.4 Å². The van der Waals surface area contributed by atoms with Gasteiger partial charge in [-0.1, -0.05) is 13.0 Å². The highest BCUT2D eigenvalue weighted by molar-refractivity contribution is 7.80. The smallest absolute Gasteiger partial charge is 0.335 e. The lowest BCUT2D eigenvalue weighted by atomic mass is 10.2. The molecule has 2 aromatic rings. The van der Waals surface area contributed by atoms with Gasteiger partial charge in [0.2, 0.25) is 0 Å². The minimum absolute atomic E-state index is 0.0810. The molecule has 2 aromatic carbocycles. The van der Waals surface area contributed by atoms with Crippen LogP contribution in [0.25, 0.3) is 0 Å². The SMILES string of the molecule is CCC(C)Oc1ccc(C(=O)NC(=S)Nc2cccc(C(=O)O)c2)cc1. The highest BCUT2D eigenvalue weighted by Crippen LogP contribution is 2.15. The Kier molecular flexibility index (Phi) is 6.68. The molecule has 1 unspecified atom stereocenters. The first-order valence-electron chi connectivity index (χ1n) is 8.11. The number of hydrogen-bond acceptors (Lipinski definition) is 4. The van der Waals surface area contributed by atoms with Crippen molar-refractivity contribution in [1.82, 2.24) is 5.32 Å². The third-order valence-corrected chi connectivity index (χ3v) is 3.83. The summed E-state index contributed by atoms with van der Waals surface area (Å²) in [5, 5.41) is 14.4. The van der Waals surface area contributed by atoms with Gasteiger partial charge in [0.1, 0.15) is 5.75 Å². The second-order valence-electron chi connectivity index (χ2n) is 5.66. The highest BCUT2D eigenvalue weighted by atomic mass is 32.1. The van der Waals surface area contributed by atoms with Gasteiger partial charge in [0.15, 0.2) is 5.11 Å². The summed E-state index contributed by atoms with van der Waals surface area (Å²) in [6, 6.07) is 12.9. The fourth-order valence-corrected chi connectivity index (χ4v) is 2.28. The fourth-order valence-electron chi connectivity index (χ4n) is 2.07. The molecule has 0 fully saturated rings. The van der Waals surface area contributed by atoms with Gasteiger partial charge in [-0.25, -0.2) is 4.79 Å². The Morgan fingerprint density at radius 1 is 1.15 bits per heavy atom. The van der Waals surface area contributed by atoms with Crippen molar-refractivity contribution in [2.24, 2.45) is 0 Å². The first kappa shape index (κ1) is 19.4. The molecule has 7 heteroatoms. The third-order valence-electron chi connectivity index (χ3n) is 3.62. The Balaban J connectivity index is 1.95. The van der Waals surface area contributed by atoms with Crippen LogP contribution in [0.2, 0.25) is 0 Å². The zero-order valence-electron chi connectivity index (χ0n) is 14.5. The van der Waals surface area contributed by atoms with Gasteiger partial charge >= 0.3 is 5.97 Å². The number of carbonyl (C=O) groups excluding carboxylic acids is 1. The van der Waals surface area contributed by atoms with Crippen LogP contribution >= 0.6 is 12.2 Å². The highest BCUT2D eigenvalue weighted by Gasteiger charge is 2.10. The molecule has 0 aliphatic heterocycles. The van der Waals surface area contributed by atoms with Gasteiger partial charge in [0, 0.05) is 11.3 Å². The fraction of sp³-hybridized carbons (Fsp3) is 0.211. The normalized spacial score (nSPS) is 11.3. The molecule has 0 radical (unpaired) electrons. The summed E-state index contributed by atoms with van der Waals surface area (Å²) in [5.41, 5.74) is 1.04. The zero-order valence-corrected chi connectivity index (χ0v) is 15.3. The Labute approximate surface area is 157 Å². The number of carbonyl (C=O) groups is 2. The number of thiocarbonyl (C=S) groups is 1. The molecule has 1 atom stereocenters. The van der Waals surface area contributed by atoms with Gasteiger partial charge < -0.3 is 15.2 Å². The Morgan fingerprint density at radius 2 is 1.85 bits per heavy atom. The maximum atomic E-state index is 12.2. The quantitative estimate of drug-likeness (QED) is 0.671. The van der Waals surface area contributed by atoms with E-state index in [0.717, 1.165) is 6.42 Å². The van der Waals surface area contributed by atoms with Crippen LogP contribution in [0.4, 0.5) is 5.69 Å². The van der Waals surface area contributed by atoms with Gasteiger partial charge in [0.25, 0.3) is 5.91 Å². The molecule has 6 nitrogen and oxygen atoms in total. The van der Waals surface area contributed by atoms with Crippen LogP contribution in [-0.4, -0.2) is 28.2 Å². The van der Waals surface area contributed by atoms with Crippen LogP contribution in [-0.2, 0) is 0 Å². The summed E-state index contributed by atoms with van der Waals surface area (Å²) in [6.07, 6.45) is 0.999. The zero-order chi connectivity index (χ0) is 19.1. The number of ether oxygens (including phenoxy) is 1. The molecule has 0 saturated heterocycles. The molecule has 2 rings (SSSR count). The number of hydrogen-bond donors (Lipinski definition) is 3. The van der Waals surface area contributed by atoms with Crippen LogP contribution in [0.1, 0.15) is 41.0 Å².